The third-order valence-corrected chi connectivity index (χ3v) is 6.06. The number of hydrogen-bond donors (Lipinski definition) is 3. The van der Waals surface area contributed by atoms with E-state index in [-0.39, 0.29) is 13.2 Å². The van der Waals surface area contributed by atoms with Crippen LogP contribution in [0, 0.1) is 0 Å². The van der Waals surface area contributed by atoms with Crippen LogP contribution in [-0.4, -0.2) is 40.1 Å². The molecule has 28 heavy (non-hydrogen) atoms. The summed E-state index contributed by atoms with van der Waals surface area (Å²) in [6.07, 6.45) is -2.37. The molecular formula is C15H21Cl5N3O4P. The molecule has 0 saturated carbocycles. The summed E-state index contributed by atoms with van der Waals surface area (Å²) in [5, 5.41) is 7.82. The van der Waals surface area contributed by atoms with Gasteiger partial charge in [-0.1, -0.05) is 53.0 Å². The van der Waals surface area contributed by atoms with E-state index in [0.717, 1.165) is 0 Å². The zero-order chi connectivity index (χ0) is 21.4. The third kappa shape index (κ3) is 8.92. The highest BCUT2D eigenvalue weighted by molar-refractivity contribution is 7.51. The van der Waals surface area contributed by atoms with Crippen LogP contribution in [0.5, 0.6) is 0 Å². The molecule has 7 nitrogen and oxygen atoms in total. The Kier molecular flexibility index (Phi) is 11.4. The molecule has 0 aliphatic carbocycles. The highest BCUT2D eigenvalue weighted by Gasteiger charge is 2.41. The van der Waals surface area contributed by atoms with Gasteiger partial charge >= 0.3 is 7.75 Å². The summed E-state index contributed by atoms with van der Waals surface area (Å²) < 4.78 is 21.0. The molecule has 0 radical (unpaired) electrons. The Hall–Kier alpha value is 0.210. The van der Waals surface area contributed by atoms with Gasteiger partial charge < -0.3 is 5.32 Å². The molecule has 0 spiro atoms. The van der Waals surface area contributed by atoms with Crippen LogP contribution in [-0.2, 0) is 13.6 Å². The Morgan fingerprint density at radius 1 is 1.11 bits per heavy atom. The van der Waals surface area contributed by atoms with Crippen molar-refractivity contribution in [3.8, 4) is 0 Å². The van der Waals surface area contributed by atoms with Gasteiger partial charge in [-0.05, 0) is 26.0 Å². The molecule has 1 aromatic carbocycles. The minimum atomic E-state index is -3.82. The number of alkyl halides is 5. The lowest BCUT2D eigenvalue weighted by atomic mass is 10.2. The second kappa shape index (κ2) is 12.2. The Labute approximate surface area is 189 Å². The molecule has 0 aliphatic rings. The average molecular weight is 516 g/mol. The van der Waals surface area contributed by atoms with Gasteiger partial charge in [0.2, 0.25) is 3.79 Å². The highest BCUT2D eigenvalue weighted by atomic mass is 35.6. The molecule has 1 amide bonds. The number of hydrogen-bond acceptors (Lipinski definition) is 5. The molecule has 160 valence electrons. The van der Waals surface area contributed by atoms with Crippen molar-refractivity contribution < 1.29 is 18.4 Å². The Morgan fingerprint density at radius 3 is 2.07 bits per heavy atom. The third-order valence-electron chi connectivity index (χ3n) is 3.13. The van der Waals surface area contributed by atoms with Gasteiger partial charge in [-0.2, -0.15) is 0 Å². The smallest absolute Gasteiger partial charge is 0.334 e. The molecule has 0 aromatic heterocycles. The minimum absolute atomic E-state index is 0.0820. The normalized spacial score (nSPS) is 14.7. The van der Waals surface area contributed by atoms with Crippen molar-refractivity contribution in [2.24, 2.45) is 0 Å². The molecule has 0 unspecified atom stereocenters. The van der Waals surface area contributed by atoms with Gasteiger partial charge in [0.1, 0.15) is 17.2 Å². The van der Waals surface area contributed by atoms with Gasteiger partial charge in [0.15, 0.2) is 0 Å². The number of carbonyl (C=O) groups is 1. The first kappa shape index (κ1) is 26.2. The van der Waals surface area contributed by atoms with E-state index in [9.17, 15) is 9.36 Å². The van der Waals surface area contributed by atoms with Gasteiger partial charge in [-0.3, -0.25) is 19.2 Å². The molecule has 0 heterocycles. The first-order valence-electron chi connectivity index (χ1n) is 8.16. The summed E-state index contributed by atoms with van der Waals surface area (Å²) in [6.45, 7) is 3.42. The van der Waals surface area contributed by atoms with Crippen LogP contribution in [0.3, 0.4) is 0 Å². The Balaban J connectivity index is 3.00. The molecular weight excluding hydrogens is 494 g/mol. The van der Waals surface area contributed by atoms with Crippen molar-refractivity contribution >= 4 is 71.7 Å². The van der Waals surface area contributed by atoms with Crippen molar-refractivity contribution in [2.75, 3.05) is 13.2 Å². The predicted octanol–water partition coefficient (Wildman–Crippen LogP) is 4.60. The second-order valence-corrected chi connectivity index (χ2v) is 10.6. The zero-order valence-corrected chi connectivity index (χ0v) is 19.7. The fourth-order valence-corrected chi connectivity index (χ4v) is 4.33. The molecule has 3 N–H and O–H groups in total. The molecule has 1 rings (SSSR count). The van der Waals surface area contributed by atoms with E-state index in [0.29, 0.717) is 5.56 Å². The lowest BCUT2D eigenvalue weighted by Gasteiger charge is -2.33. The standard InChI is InChI=1S/C15H21Cl5N3O4P/c1-3-26-28(25,27-4-2)23-14(15(18,19)20)22-12(11(16)17)21-13(24)10-8-6-5-7-9-10/h5-9,11-12,14,22H,3-4H2,1-2H3,(H,21,24)(H,23,25)/t12-,14+/m1/s1. The second-order valence-electron chi connectivity index (χ2n) is 5.26. The van der Waals surface area contributed by atoms with E-state index in [4.69, 9.17) is 67.1 Å². The molecule has 0 fully saturated rings. The van der Waals surface area contributed by atoms with Crippen molar-refractivity contribution in [1.29, 1.82) is 0 Å². The summed E-state index contributed by atoms with van der Waals surface area (Å²) in [7, 11) is -3.82. The SMILES string of the molecule is CCOP(=O)(N[C@H](N[C@@H](NC(=O)c1ccccc1)C(Cl)Cl)C(Cl)(Cl)Cl)OCC. The number of rotatable bonds is 11. The maximum Gasteiger partial charge on any atom is 0.406 e. The molecule has 1 aromatic rings. The number of carbonyl (C=O) groups excluding carboxylic acids is 1. The van der Waals surface area contributed by atoms with Gasteiger partial charge in [0, 0.05) is 5.56 Å². The lowest BCUT2D eigenvalue weighted by molar-refractivity contribution is 0.0928. The Bertz CT molecular complexity index is 653. The number of halogens is 5. The van der Waals surface area contributed by atoms with Crippen LogP contribution >= 0.6 is 65.8 Å². The van der Waals surface area contributed by atoms with E-state index in [1.54, 1.807) is 44.2 Å². The summed E-state index contributed by atoms with van der Waals surface area (Å²) in [6, 6.07) is 8.37. The molecule has 0 bridgehead atoms. The van der Waals surface area contributed by atoms with Crippen LogP contribution in [0.1, 0.15) is 24.2 Å². The number of benzene rings is 1. The molecule has 0 saturated heterocycles. The largest absolute Gasteiger partial charge is 0.406 e. The highest BCUT2D eigenvalue weighted by Crippen LogP contribution is 2.46. The average Bonchev–Trinajstić information content (AvgIpc) is 2.60. The van der Waals surface area contributed by atoms with Crippen LogP contribution in [0.2, 0.25) is 0 Å². The van der Waals surface area contributed by atoms with Crippen molar-refractivity contribution in [3.05, 3.63) is 35.9 Å². The van der Waals surface area contributed by atoms with E-state index in [1.165, 1.54) is 0 Å². The van der Waals surface area contributed by atoms with Gasteiger partial charge in [0.05, 0.1) is 13.2 Å². The topological polar surface area (TPSA) is 88.7 Å². The minimum Gasteiger partial charge on any atom is -0.334 e. The van der Waals surface area contributed by atoms with Crippen molar-refractivity contribution in [2.45, 2.75) is 34.8 Å². The quantitative estimate of drug-likeness (QED) is 0.227. The Morgan fingerprint density at radius 2 is 1.64 bits per heavy atom. The van der Waals surface area contributed by atoms with E-state index < -0.39 is 34.6 Å². The summed E-state index contributed by atoms with van der Waals surface area (Å²) in [5.74, 6) is -0.467. The van der Waals surface area contributed by atoms with Crippen LogP contribution in [0.4, 0.5) is 0 Å². The fourth-order valence-electron chi connectivity index (χ4n) is 1.99. The fraction of sp³-hybridized carbons (Fsp3) is 0.533. The number of amides is 1. The van der Waals surface area contributed by atoms with Crippen LogP contribution in [0.25, 0.3) is 0 Å². The zero-order valence-electron chi connectivity index (χ0n) is 15.0. The molecule has 13 heteroatoms. The van der Waals surface area contributed by atoms with Gasteiger partial charge in [-0.25, -0.2) is 9.65 Å². The summed E-state index contributed by atoms with van der Waals surface area (Å²) >= 11 is 29.9. The predicted molar refractivity (Wildman–Crippen MR) is 114 cm³/mol. The van der Waals surface area contributed by atoms with Crippen molar-refractivity contribution in [3.63, 3.8) is 0 Å². The summed E-state index contributed by atoms with van der Waals surface area (Å²) in [5.41, 5.74) is 0.371. The van der Waals surface area contributed by atoms with E-state index in [1.807, 2.05) is 0 Å². The summed E-state index contributed by atoms with van der Waals surface area (Å²) in [4.78, 5) is 11.3. The first-order valence-corrected chi connectivity index (χ1v) is 11.7. The molecule has 2 atom stereocenters. The van der Waals surface area contributed by atoms with E-state index >= 15 is 0 Å². The number of nitrogens with one attached hydrogen (secondary N) is 3. The maximum absolute atomic E-state index is 12.7. The van der Waals surface area contributed by atoms with E-state index in [2.05, 4.69) is 15.7 Å². The van der Waals surface area contributed by atoms with Gasteiger partial charge in [-0.15, -0.1) is 23.2 Å². The first-order chi connectivity index (χ1) is 13.0. The monoisotopic (exact) mass is 513 g/mol. The van der Waals surface area contributed by atoms with Crippen molar-refractivity contribution in [1.82, 2.24) is 15.7 Å². The molecule has 0 aliphatic heterocycles. The van der Waals surface area contributed by atoms with Crippen LogP contribution < -0.4 is 15.7 Å². The van der Waals surface area contributed by atoms with Gasteiger partial charge in [0.25, 0.3) is 5.91 Å². The lowest BCUT2D eigenvalue weighted by Crippen LogP contribution is -2.60. The maximum atomic E-state index is 12.7. The van der Waals surface area contributed by atoms with Crippen LogP contribution in [0.15, 0.2) is 30.3 Å².